The summed E-state index contributed by atoms with van der Waals surface area (Å²) in [7, 11) is 0. The number of amides is 1. The van der Waals surface area contributed by atoms with E-state index >= 15 is 0 Å². The first kappa shape index (κ1) is 12.5. The van der Waals surface area contributed by atoms with Gasteiger partial charge in [0.15, 0.2) is 0 Å². The van der Waals surface area contributed by atoms with Gasteiger partial charge in [-0.25, -0.2) is 4.79 Å². The lowest BCUT2D eigenvalue weighted by atomic mass is 10.3. The minimum absolute atomic E-state index is 0.497. The number of carbonyl (C=O) groups is 1. The number of ether oxygens (including phenoxy) is 1. The van der Waals surface area contributed by atoms with Crippen LogP contribution >= 0.6 is 0 Å². The van der Waals surface area contributed by atoms with Crippen molar-refractivity contribution in [2.24, 2.45) is 0 Å². The highest BCUT2D eigenvalue weighted by atomic mass is 16.7. The average molecular weight is 223 g/mol. The van der Waals surface area contributed by atoms with Gasteiger partial charge in [-0.1, -0.05) is 38.0 Å². The van der Waals surface area contributed by atoms with Crippen molar-refractivity contribution in [3.05, 3.63) is 30.3 Å². The number of para-hydroxylation sites is 1. The average Bonchev–Trinajstić information content (AvgIpc) is 2.30. The maximum Gasteiger partial charge on any atom is 0.436 e. The molecule has 16 heavy (non-hydrogen) atoms. The molecule has 88 valence electrons. The summed E-state index contributed by atoms with van der Waals surface area (Å²) in [6.45, 7) is 2.62. The molecule has 1 amide bonds. The topological polar surface area (TPSA) is 47.6 Å². The van der Waals surface area contributed by atoms with Crippen LogP contribution in [-0.2, 0) is 4.84 Å². The van der Waals surface area contributed by atoms with Gasteiger partial charge in [-0.15, -0.1) is 0 Å². The Morgan fingerprint density at radius 3 is 2.69 bits per heavy atom. The molecule has 1 rings (SSSR count). The zero-order valence-corrected chi connectivity index (χ0v) is 9.44. The molecule has 0 atom stereocenters. The minimum atomic E-state index is -0.595. The number of benzene rings is 1. The van der Waals surface area contributed by atoms with Crippen molar-refractivity contribution in [1.82, 2.24) is 5.48 Å². The number of unbranched alkanes of at least 4 members (excludes halogenated alkanes) is 2. The highest BCUT2D eigenvalue weighted by molar-refractivity contribution is 5.68. The van der Waals surface area contributed by atoms with Crippen LogP contribution in [0, 0.1) is 0 Å². The van der Waals surface area contributed by atoms with Gasteiger partial charge in [0.2, 0.25) is 0 Å². The molecule has 0 radical (unpaired) electrons. The van der Waals surface area contributed by atoms with E-state index in [-0.39, 0.29) is 0 Å². The molecule has 0 aromatic heterocycles. The lowest BCUT2D eigenvalue weighted by molar-refractivity contribution is 0.0432. The monoisotopic (exact) mass is 223 g/mol. The molecule has 0 heterocycles. The van der Waals surface area contributed by atoms with Crippen LogP contribution in [0.1, 0.15) is 26.2 Å². The van der Waals surface area contributed by atoms with E-state index in [1.165, 1.54) is 0 Å². The summed E-state index contributed by atoms with van der Waals surface area (Å²) in [4.78, 5) is 16.1. The molecule has 0 aliphatic heterocycles. The van der Waals surface area contributed by atoms with Crippen LogP contribution in [0.4, 0.5) is 4.79 Å². The van der Waals surface area contributed by atoms with Crippen LogP contribution in [-0.4, -0.2) is 12.7 Å². The van der Waals surface area contributed by atoms with Crippen LogP contribution < -0.4 is 10.2 Å². The Labute approximate surface area is 95.5 Å². The molecular weight excluding hydrogens is 206 g/mol. The predicted octanol–water partition coefficient (Wildman–Crippen LogP) is 2.90. The number of carbonyl (C=O) groups excluding carboxylic acids is 1. The highest BCUT2D eigenvalue weighted by Gasteiger charge is 2.02. The molecule has 4 heteroatoms. The van der Waals surface area contributed by atoms with Gasteiger partial charge in [0, 0.05) is 0 Å². The largest absolute Gasteiger partial charge is 0.436 e. The second-order valence-electron chi connectivity index (χ2n) is 3.36. The van der Waals surface area contributed by atoms with Gasteiger partial charge in [0.05, 0.1) is 6.61 Å². The van der Waals surface area contributed by atoms with Gasteiger partial charge in [-0.2, -0.15) is 5.48 Å². The van der Waals surface area contributed by atoms with E-state index in [2.05, 4.69) is 12.4 Å². The summed E-state index contributed by atoms with van der Waals surface area (Å²) in [6, 6.07) is 8.86. The Hall–Kier alpha value is -1.55. The van der Waals surface area contributed by atoms with E-state index < -0.39 is 6.09 Å². The molecule has 0 unspecified atom stereocenters. The summed E-state index contributed by atoms with van der Waals surface area (Å²) in [5.74, 6) is 0.497. The van der Waals surface area contributed by atoms with Crippen LogP contribution in [0.15, 0.2) is 30.3 Å². The molecule has 0 spiro atoms. The Morgan fingerprint density at radius 2 is 2.00 bits per heavy atom. The summed E-state index contributed by atoms with van der Waals surface area (Å²) < 4.78 is 4.95. The number of rotatable bonds is 6. The Bertz CT molecular complexity index is 300. The molecule has 0 aliphatic carbocycles. The Kier molecular flexibility index (Phi) is 6.03. The van der Waals surface area contributed by atoms with Crippen molar-refractivity contribution in [3.63, 3.8) is 0 Å². The number of hydrogen-bond acceptors (Lipinski definition) is 3. The number of hydroxylamine groups is 1. The van der Waals surface area contributed by atoms with Crippen LogP contribution in [0.2, 0.25) is 0 Å². The SMILES string of the molecule is CCCCCONC(=O)Oc1ccccc1. The van der Waals surface area contributed by atoms with Crippen LogP contribution in [0.25, 0.3) is 0 Å². The third-order valence-corrected chi connectivity index (χ3v) is 1.96. The lowest BCUT2D eigenvalue weighted by Gasteiger charge is -2.06. The molecule has 1 N–H and O–H groups in total. The number of hydrogen-bond donors (Lipinski definition) is 1. The van der Waals surface area contributed by atoms with Crippen molar-refractivity contribution >= 4 is 6.09 Å². The van der Waals surface area contributed by atoms with E-state index in [1.807, 2.05) is 6.07 Å². The molecule has 0 saturated carbocycles. The molecular formula is C12H17NO3. The fourth-order valence-electron chi connectivity index (χ4n) is 1.15. The van der Waals surface area contributed by atoms with Crippen LogP contribution in [0.3, 0.4) is 0 Å². The molecule has 1 aromatic carbocycles. The van der Waals surface area contributed by atoms with E-state index in [0.717, 1.165) is 19.3 Å². The van der Waals surface area contributed by atoms with Gasteiger partial charge in [0.1, 0.15) is 5.75 Å². The lowest BCUT2D eigenvalue weighted by Crippen LogP contribution is -2.27. The summed E-state index contributed by atoms with van der Waals surface area (Å²) in [5.41, 5.74) is 2.23. The summed E-state index contributed by atoms with van der Waals surface area (Å²) in [6.07, 6.45) is 2.55. The molecule has 4 nitrogen and oxygen atoms in total. The smallest absolute Gasteiger partial charge is 0.409 e. The summed E-state index contributed by atoms with van der Waals surface area (Å²) >= 11 is 0. The quantitative estimate of drug-likeness (QED) is 0.596. The van der Waals surface area contributed by atoms with Crippen molar-refractivity contribution in [2.45, 2.75) is 26.2 Å². The first-order valence-electron chi connectivity index (χ1n) is 5.47. The zero-order valence-electron chi connectivity index (χ0n) is 9.44. The van der Waals surface area contributed by atoms with E-state index in [1.54, 1.807) is 24.3 Å². The fourth-order valence-corrected chi connectivity index (χ4v) is 1.15. The van der Waals surface area contributed by atoms with E-state index in [4.69, 9.17) is 9.57 Å². The second kappa shape index (κ2) is 7.70. The van der Waals surface area contributed by atoms with Crippen molar-refractivity contribution < 1.29 is 14.4 Å². The van der Waals surface area contributed by atoms with Gasteiger partial charge in [-0.05, 0) is 18.6 Å². The number of nitrogens with one attached hydrogen (secondary N) is 1. The molecule has 0 fully saturated rings. The van der Waals surface area contributed by atoms with Gasteiger partial charge >= 0.3 is 6.09 Å². The predicted molar refractivity (Wildman–Crippen MR) is 61.1 cm³/mol. The Morgan fingerprint density at radius 1 is 1.25 bits per heavy atom. The normalized spacial score (nSPS) is 9.81. The van der Waals surface area contributed by atoms with Crippen molar-refractivity contribution in [2.75, 3.05) is 6.61 Å². The third kappa shape index (κ3) is 5.36. The molecule has 0 saturated heterocycles. The third-order valence-electron chi connectivity index (χ3n) is 1.96. The van der Waals surface area contributed by atoms with Gasteiger partial charge in [0.25, 0.3) is 0 Å². The van der Waals surface area contributed by atoms with E-state index in [9.17, 15) is 4.79 Å². The molecule has 1 aromatic rings. The van der Waals surface area contributed by atoms with Gasteiger partial charge in [-0.3, -0.25) is 4.84 Å². The molecule has 0 aliphatic rings. The van der Waals surface area contributed by atoms with E-state index in [0.29, 0.717) is 12.4 Å². The Balaban J connectivity index is 2.12. The first-order valence-corrected chi connectivity index (χ1v) is 5.47. The standard InChI is InChI=1S/C12H17NO3/c1-2-3-7-10-15-13-12(14)16-11-8-5-4-6-9-11/h4-6,8-9H,2-3,7,10H2,1H3,(H,13,14). The van der Waals surface area contributed by atoms with Gasteiger partial charge < -0.3 is 4.74 Å². The first-order chi connectivity index (χ1) is 7.83. The minimum Gasteiger partial charge on any atom is -0.409 e. The maximum absolute atomic E-state index is 11.2. The zero-order chi connectivity index (χ0) is 11.6. The van der Waals surface area contributed by atoms with Crippen molar-refractivity contribution in [1.29, 1.82) is 0 Å². The fraction of sp³-hybridized carbons (Fsp3) is 0.417. The highest BCUT2D eigenvalue weighted by Crippen LogP contribution is 2.07. The summed E-state index contributed by atoms with van der Waals surface area (Å²) in [5, 5.41) is 0. The second-order valence-corrected chi connectivity index (χ2v) is 3.36. The maximum atomic E-state index is 11.2. The van der Waals surface area contributed by atoms with Crippen molar-refractivity contribution in [3.8, 4) is 5.75 Å². The van der Waals surface area contributed by atoms with Crippen LogP contribution in [0.5, 0.6) is 5.75 Å². The molecule has 0 bridgehead atoms.